The first-order chi connectivity index (χ1) is 8.82. The van der Waals surface area contributed by atoms with E-state index in [2.05, 4.69) is 16.6 Å². The molecule has 0 aromatic rings. The molecule has 0 aliphatic carbocycles. The molecule has 0 saturated heterocycles. The summed E-state index contributed by atoms with van der Waals surface area (Å²) in [5.41, 5.74) is -0.127. The summed E-state index contributed by atoms with van der Waals surface area (Å²) in [4.78, 5) is 22.4. The molecule has 3 N–H and O–H groups in total. The third-order valence-electron chi connectivity index (χ3n) is 2.64. The fraction of sp³-hybridized carbons (Fsp3) is 0.692. The minimum Gasteiger partial charge on any atom is -0.480 e. The zero-order valence-corrected chi connectivity index (χ0v) is 11.7. The van der Waals surface area contributed by atoms with E-state index in [1.165, 1.54) is 0 Å². The van der Waals surface area contributed by atoms with E-state index in [9.17, 15) is 9.59 Å². The molecule has 1 unspecified atom stereocenters. The first-order valence-electron chi connectivity index (χ1n) is 6.02. The van der Waals surface area contributed by atoms with Gasteiger partial charge in [0.15, 0.2) is 0 Å². The number of terminal acetylenes is 1. The van der Waals surface area contributed by atoms with Crippen LogP contribution in [0.15, 0.2) is 0 Å². The molecule has 19 heavy (non-hydrogen) atoms. The summed E-state index contributed by atoms with van der Waals surface area (Å²) < 4.78 is 4.98. The molecule has 108 valence electrons. The molecule has 2 amide bonds. The van der Waals surface area contributed by atoms with Crippen molar-refractivity contribution < 1.29 is 19.4 Å². The second-order valence-corrected chi connectivity index (χ2v) is 5.03. The van der Waals surface area contributed by atoms with E-state index >= 15 is 0 Å². The second kappa shape index (κ2) is 8.38. The zero-order valence-electron chi connectivity index (χ0n) is 11.7. The van der Waals surface area contributed by atoms with Crippen LogP contribution in [0.25, 0.3) is 0 Å². The third kappa shape index (κ3) is 8.06. The Labute approximate surface area is 113 Å². The average Bonchev–Trinajstić information content (AvgIpc) is 2.33. The number of amides is 2. The topological polar surface area (TPSA) is 87.7 Å². The van der Waals surface area contributed by atoms with Gasteiger partial charge in [-0.2, -0.15) is 0 Å². The molecule has 0 aliphatic rings. The fourth-order valence-electron chi connectivity index (χ4n) is 1.31. The summed E-state index contributed by atoms with van der Waals surface area (Å²) in [6, 6.07) is -1.60. The van der Waals surface area contributed by atoms with Crippen LogP contribution in [-0.2, 0) is 9.53 Å². The van der Waals surface area contributed by atoms with E-state index in [0.29, 0.717) is 13.2 Å². The lowest BCUT2D eigenvalue weighted by molar-refractivity contribution is -0.139. The van der Waals surface area contributed by atoms with Crippen molar-refractivity contribution in [1.82, 2.24) is 10.6 Å². The Bertz CT molecular complexity index is 347. The van der Waals surface area contributed by atoms with Crippen molar-refractivity contribution in [3.63, 3.8) is 0 Å². The maximum atomic E-state index is 11.6. The summed E-state index contributed by atoms with van der Waals surface area (Å²) in [5.74, 6) is 1.07. The van der Waals surface area contributed by atoms with Crippen LogP contribution in [-0.4, -0.2) is 43.4 Å². The zero-order chi connectivity index (χ0) is 14.9. The van der Waals surface area contributed by atoms with Crippen molar-refractivity contribution in [2.24, 2.45) is 5.41 Å². The number of carbonyl (C=O) groups is 2. The van der Waals surface area contributed by atoms with E-state index in [0.717, 1.165) is 6.42 Å². The molecule has 0 aliphatic heterocycles. The number of methoxy groups -OCH3 is 1. The largest absolute Gasteiger partial charge is 0.480 e. The highest BCUT2D eigenvalue weighted by molar-refractivity contribution is 5.82. The van der Waals surface area contributed by atoms with Gasteiger partial charge in [-0.05, 0) is 11.8 Å². The molecule has 1 atom stereocenters. The van der Waals surface area contributed by atoms with Gasteiger partial charge in [0.2, 0.25) is 0 Å². The molecule has 0 rings (SSSR count). The number of carboxylic acids is 1. The Morgan fingerprint density at radius 2 is 2.11 bits per heavy atom. The second-order valence-electron chi connectivity index (χ2n) is 5.03. The van der Waals surface area contributed by atoms with Gasteiger partial charge < -0.3 is 20.5 Å². The minimum atomic E-state index is -1.15. The van der Waals surface area contributed by atoms with Crippen molar-refractivity contribution in [3.8, 4) is 12.3 Å². The maximum Gasteiger partial charge on any atom is 0.327 e. The van der Waals surface area contributed by atoms with Crippen LogP contribution in [0.2, 0.25) is 0 Å². The van der Waals surface area contributed by atoms with E-state index in [1.807, 2.05) is 13.8 Å². The van der Waals surface area contributed by atoms with E-state index < -0.39 is 18.0 Å². The Hall–Kier alpha value is -1.74. The highest BCUT2D eigenvalue weighted by Crippen LogP contribution is 2.18. The van der Waals surface area contributed by atoms with Crippen LogP contribution in [0.1, 0.15) is 26.7 Å². The van der Waals surface area contributed by atoms with Gasteiger partial charge in [-0.1, -0.05) is 13.8 Å². The number of ether oxygens (including phenoxy) is 1. The van der Waals surface area contributed by atoms with Gasteiger partial charge in [-0.25, -0.2) is 9.59 Å². The van der Waals surface area contributed by atoms with Gasteiger partial charge in [-0.3, -0.25) is 0 Å². The van der Waals surface area contributed by atoms with Crippen LogP contribution >= 0.6 is 0 Å². The smallest absolute Gasteiger partial charge is 0.327 e. The number of nitrogens with one attached hydrogen (secondary N) is 2. The summed E-state index contributed by atoms with van der Waals surface area (Å²) in [7, 11) is 1.62. The Kier molecular flexibility index (Phi) is 7.61. The number of carboxylic acid groups (broad SMARTS) is 1. The monoisotopic (exact) mass is 270 g/mol. The summed E-state index contributed by atoms with van der Waals surface area (Å²) in [5, 5.41) is 13.8. The van der Waals surface area contributed by atoms with Gasteiger partial charge in [0.05, 0.1) is 0 Å². The third-order valence-corrected chi connectivity index (χ3v) is 2.64. The molecule has 6 nitrogen and oxygen atoms in total. The van der Waals surface area contributed by atoms with Crippen molar-refractivity contribution >= 4 is 12.0 Å². The van der Waals surface area contributed by atoms with E-state index in [-0.39, 0.29) is 11.8 Å². The molecule has 0 heterocycles. The molecule has 6 heteroatoms. The molecule has 0 saturated carbocycles. The van der Waals surface area contributed by atoms with Crippen molar-refractivity contribution in [3.05, 3.63) is 0 Å². The van der Waals surface area contributed by atoms with Crippen molar-refractivity contribution in [2.75, 3.05) is 20.3 Å². The Morgan fingerprint density at radius 3 is 2.58 bits per heavy atom. The summed E-state index contributed by atoms with van der Waals surface area (Å²) in [6.07, 6.45) is 5.78. The summed E-state index contributed by atoms with van der Waals surface area (Å²) in [6.45, 7) is 5.00. The molecule has 0 spiro atoms. The first kappa shape index (κ1) is 17.3. The number of urea groups is 1. The number of rotatable bonds is 8. The van der Waals surface area contributed by atoms with Crippen LogP contribution in [0.3, 0.4) is 0 Å². The van der Waals surface area contributed by atoms with Gasteiger partial charge >= 0.3 is 12.0 Å². The Balaban J connectivity index is 4.17. The SMILES string of the molecule is C#CCC(NC(=O)NCC(C)(C)CCOC)C(=O)O. The number of hydrogen-bond acceptors (Lipinski definition) is 3. The molecule has 0 radical (unpaired) electrons. The lowest BCUT2D eigenvalue weighted by Gasteiger charge is -2.25. The fourth-order valence-corrected chi connectivity index (χ4v) is 1.31. The minimum absolute atomic E-state index is 0.0458. The van der Waals surface area contributed by atoms with Crippen molar-refractivity contribution in [1.29, 1.82) is 0 Å². The van der Waals surface area contributed by atoms with Gasteiger partial charge in [-0.15, -0.1) is 12.3 Å². The van der Waals surface area contributed by atoms with Gasteiger partial charge in [0.25, 0.3) is 0 Å². The van der Waals surface area contributed by atoms with Crippen molar-refractivity contribution in [2.45, 2.75) is 32.7 Å². The summed E-state index contributed by atoms with van der Waals surface area (Å²) >= 11 is 0. The predicted molar refractivity (Wildman–Crippen MR) is 71.7 cm³/mol. The molecular formula is C13H22N2O4. The number of aliphatic carboxylic acids is 1. The maximum absolute atomic E-state index is 11.6. The highest BCUT2D eigenvalue weighted by Gasteiger charge is 2.21. The van der Waals surface area contributed by atoms with E-state index in [4.69, 9.17) is 16.3 Å². The van der Waals surface area contributed by atoms with Gasteiger partial charge in [0, 0.05) is 26.7 Å². The average molecular weight is 270 g/mol. The molecular weight excluding hydrogens is 248 g/mol. The lowest BCUT2D eigenvalue weighted by atomic mass is 9.90. The normalized spacial score (nSPS) is 12.3. The van der Waals surface area contributed by atoms with Crippen LogP contribution in [0.4, 0.5) is 4.79 Å². The highest BCUT2D eigenvalue weighted by atomic mass is 16.5. The van der Waals surface area contributed by atoms with Crippen LogP contribution < -0.4 is 10.6 Å². The van der Waals surface area contributed by atoms with Gasteiger partial charge in [0.1, 0.15) is 6.04 Å². The molecule has 0 aromatic heterocycles. The standard InChI is InChI=1S/C13H22N2O4/c1-5-6-10(11(16)17)15-12(18)14-9-13(2,3)7-8-19-4/h1,10H,6-9H2,2-4H3,(H,16,17)(H2,14,15,18). The molecule has 0 aromatic carbocycles. The lowest BCUT2D eigenvalue weighted by Crippen LogP contribution is -2.48. The predicted octanol–water partition coefficient (Wildman–Crippen LogP) is 0.825. The molecule has 0 fully saturated rings. The van der Waals surface area contributed by atoms with Crippen LogP contribution in [0, 0.1) is 17.8 Å². The number of hydrogen-bond donors (Lipinski definition) is 3. The first-order valence-corrected chi connectivity index (χ1v) is 6.02. The van der Waals surface area contributed by atoms with E-state index in [1.54, 1.807) is 7.11 Å². The number of carbonyl (C=O) groups excluding carboxylic acids is 1. The quantitative estimate of drug-likeness (QED) is 0.570. The Morgan fingerprint density at radius 1 is 1.47 bits per heavy atom. The molecule has 0 bridgehead atoms. The van der Waals surface area contributed by atoms with Crippen LogP contribution in [0.5, 0.6) is 0 Å².